The van der Waals surface area contributed by atoms with Crippen molar-refractivity contribution >= 4 is 5.91 Å². The van der Waals surface area contributed by atoms with Gasteiger partial charge in [0, 0.05) is 18.0 Å². The van der Waals surface area contributed by atoms with Crippen molar-refractivity contribution in [1.29, 1.82) is 0 Å². The van der Waals surface area contributed by atoms with Crippen LogP contribution in [0.5, 0.6) is 0 Å². The molecule has 12 heavy (non-hydrogen) atoms. The highest BCUT2D eigenvalue weighted by Gasteiger charge is 2.10. The lowest BCUT2D eigenvalue weighted by Gasteiger charge is -2.15. The van der Waals surface area contributed by atoms with Crippen LogP contribution in [0.25, 0.3) is 0 Å². The predicted octanol–water partition coefficient (Wildman–Crippen LogP) is 1.06. The average molecular weight is 169 g/mol. The molecule has 0 aromatic heterocycles. The maximum absolute atomic E-state index is 11.2. The molecule has 0 fully saturated rings. The van der Waals surface area contributed by atoms with Gasteiger partial charge in [-0.15, -0.1) is 0 Å². The van der Waals surface area contributed by atoms with Gasteiger partial charge in [-0.1, -0.05) is 13.8 Å². The first-order valence-corrected chi connectivity index (χ1v) is 4.28. The van der Waals surface area contributed by atoms with E-state index in [-0.39, 0.29) is 11.8 Å². The molecule has 68 valence electrons. The van der Waals surface area contributed by atoms with Crippen molar-refractivity contribution in [3.63, 3.8) is 0 Å². The summed E-state index contributed by atoms with van der Waals surface area (Å²) in [6, 6.07) is 0. The lowest BCUT2D eigenvalue weighted by Crippen LogP contribution is -2.29. The second-order valence-electron chi connectivity index (χ2n) is 3.20. The third-order valence-corrected chi connectivity index (χ3v) is 1.77. The molecule has 0 spiro atoms. The molecule has 0 atom stereocenters. The molecule has 0 saturated carbocycles. The summed E-state index contributed by atoms with van der Waals surface area (Å²) in [6.07, 6.45) is 2.74. The molecule has 0 radical (unpaired) electrons. The molecule has 3 heteroatoms. The van der Waals surface area contributed by atoms with E-state index in [1.165, 1.54) is 0 Å². The summed E-state index contributed by atoms with van der Waals surface area (Å²) in [7, 11) is 0. The Kier molecular flexibility index (Phi) is 3.29. The van der Waals surface area contributed by atoms with Crippen LogP contribution in [-0.2, 0) is 9.53 Å². The molecule has 0 aromatic carbocycles. The summed E-state index contributed by atoms with van der Waals surface area (Å²) < 4.78 is 5.11. The maximum Gasteiger partial charge on any atom is 0.226 e. The van der Waals surface area contributed by atoms with E-state index < -0.39 is 0 Å². The summed E-state index contributed by atoms with van der Waals surface area (Å²) >= 11 is 0. The van der Waals surface area contributed by atoms with Gasteiger partial charge in [0.15, 0.2) is 0 Å². The first kappa shape index (κ1) is 9.26. The molecule has 0 saturated heterocycles. The topological polar surface area (TPSA) is 38.3 Å². The van der Waals surface area contributed by atoms with E-state index in [1.807, 2.05) is 19.9 Å². The van der Waals surface area contributed by atoms with E-state index >= 15 is 0 Å². The smallest absolute Gasteiger partial charge is 0.226 e. The van der Waals surface area contributed by atoms with E-state index in [9.17, 15) is 4.79 Å². The Labute approximate surface area is 72.8 Å². The summed E-state index contributed by atoms with van der Waals surface area (Å²) in [4.78, 5) is 11.2. The largest absolute Gasteiger partial charge is 0.377 e. The lowest BCUT2D eigenvalue weighted by molar-refractivity contribution is -0.123. The summed E-state index contributed by atoms with van der Waals surface area (Å²) in [6.45, 7) is 5.10. The Morgan fingerprint density at radius 3 is 2.92 bits per heavy atom. The molecule has 3 nitrogen and oxygen atoms in total. The zero-order chi connectivity index (χ0) is 8.97. The highest BCUT2D eigenvalue weighted by atomic mass is 16.5. The van der Waals surface area contributed by atoms with Crippen LogP contribution in [0, 0.1) is 5.92 Å². The molecule has 1 rings (SSSR count). The van der Waals surface area contributed by atoms with Crippen molar-refractivity contribution in [1.82, 2.24) is 5.32 Å². The molecule has 0 unspecified atom stereocenters. The second-order valence-corrected chi connectivity index (χ2v) is 3.20. The number of hydrogen-bond donors (Lipinski definition) is 1. The lowest BCUT2D eigenvalue weighted by atomic mass is 10.2. The minimum atomic E-state index is 0.0498. The van der Waals surface area contributed by atoms with Crippen LogP contribution in [-0.4, -0.2) is 19.1 Å². The zero-order valence-corrected chi connectivity index (χ0v) is 7.59. The van der Waals surface area contributed by atoms with Crippen molar-refractivity contribution in [3.05, 3.63) is 11.8 Å². The number of hydrogen-bond acceptors (Lipinski definition) is 2. The van der Waals surface area contributed by atoms with E-state index in [2.05, 4.69) is 5.32 Å². The Morgan fingerprint density at radius 2 is 2.42 bits per heavy atom. The van der Waals surface area contributed by atoms with Gasteiger partial charge in [-0.25, -0.2) is 0 Å². The summed E-state index contributed by atoms with van der Waals surface area (Å²) in [5.74, 6) is 0.136. The number of rotatable bonds is 2. The molecule has 0 aliphatic carbocycles. The SMILES string of the molecule is CC(C)C(=O)NC1=CCOCC1. The predicted molar refractivity (Wildman–Crippen MR) is 46.5 cm³/mol. The molecule has 1 amide bonds. The van der Waals surface area contributed by atoms with Crippen molar-refractivity contribution < 1.29 is 9.53 Å². The molecule has 0 aromatic rings. The summed E-state index contributed by atoms with van der Waals surface area (Å²) in [5, 5.41) is 2.86. The van der Waals surface area contributed by atoms with Crippen LogP contribution in [0.3, 0.4) is 0 Å². The first-order valence-electron chi connectivity index (χ1n) is 4.28. The molecule has 0 bridgehead atoms. The highest BCUT2D eigenvalue weighted by Crippen LogP contribution is 2.05. The van der Waals surface area contributed by atoms with Gasteiger partial charge < -0.3 is 10.1 Å². The van der Waals surface area contributed by atoms with Gasteiger partial charge in [-0.3, -0.25) is 4.79 Å². The molecule has 1 aliphatic heterocycles. The van der Waals surface area contributed by atoms with Crippen molar-refractivity contribution in [2.45, 2.75) is 20.3 Å². The number of carbonyl (C=O) groups is 1. The third kappa shape index (κ3) is 2.66. The number of carbonyl (C=O) groups excluding carboxylic acids is 1. The Morgan fingerprint density at radius 1 is 1.67 bits per heavy atom. The van der Waals surface area contributed by atoms with Gasteiger partial charge in [-0.05, 0) is 6.08 Å². The second kappa shape index (κ2) is 4.26. The number of ether oxygens (including phenoxy) is 1. The van der Waals surface area contributed by atoms with Crippen LogP contribution in [0.15, 0.2) is 11.8 Å². The van der Waals surface area contributed by atoms with E-state index in [0.29, 0.717) is 13.2 Å². The van der Waals surface area contributed by atoms with Crippen LogP contribution in [0.1, 0.15) is 20.3 Å². The average Bonchev–Trinajstić information content (AvgIpc) is 2.06. The van der Waals surface area contributed by atoms with Crippen molar-refractivity contribution in [3.8, 4) is 0 Å². The third-order valence-electron chi connectivity index (χ3n) is 1.77. The quantitative estimate of drug-likeness (QED) is 0.671. The van der Waals surface area contributed by atoms with Crippen LogP contribution >= 0.6 is 0 Å². The number of nitrogens with one attached hydrogen (secondary N) is 1. The minimum absolute atomic E-state index is 0.0498. The molecule has 1 aliphatic rings. The monoisotopic (exact) mass is 169 g/mol. The van der Waals surface area contributed by atoms with Gasteiger partial charge in [-0.2, -0.15) is 0 Å². The van der Waals surface area contributed by atoms with E-state index in [1.54, 1.807) is 0 Å². The van der Waals surface area contributed by atoms with Crippen LogP contribution in [0.2, 0.25) is 0 Å². The molecule has 1 N–H and O–H groups in total. The fourth-order valence-corrected chi connectivity index (χ4v) is 0.943. The summed E-state index contributed by atoms with van der Waals surface area (Å²) in [5.41, 5.74) is 1.000. The molecule has 1 heterocycles. The normalized spacial score (nSPS) is 17.4. The van der Waals surface area contributed by atoms with E-state index in [0.717, 1.165) is 12.1 Å². The Hall–Kier alpha value is -0.830. The van der Waals surface area contributed by atoms with Gasteiger partial charge >= 0.3 is 0 Å². The highest BCUT2D eigenvalue weighted by molar-refractivity contribution is 5.79. The number of amides is 1. The first-order chi connectivity index (χ1) is 5.70. The van der Waals surface area contributed by atoms with Crippen LogP contribution < -0.4 is 5.32 Å². The van der Waals surface area contributed by atoms with Gasteiger partial charge in [0.25, 0.3) is 0 Å². The van der Waals surface area contributed by atoms with Crippen molar-refractivity contribution in [2.24, 2.45) is 5.92 Å². The van der Waals surface area contributed by atoms with Crippen molar-refractivity contribution in [2.75, 3.05) is 13.2 Å². The Bertz CT molecular complexity index is 197. The zero-order valence-electron chi connectivity index (χ0n) is 7.59. The van der Waals surface area contributed by atoms with Gasteiger partial charge in [0.2, 0.25) is 5.91 Å². The van der Waals surface area contributed by atoms with Crippen LogP contribution in [0.4, 0.5) is 0 Å². The maximum atomic E-state index is 11.2. The van der Waals surface area contributed by atoms with Gasteiger partial charge in [0.1, 0.15) is 0 Å². The minimum Gasteiger partial charge on any atom is -0.377 e. The van der Waals surface area contributed by atoms with Gasteiger partial charge in [0.05, 0.1) is 13.2 Å². The van der Waals surface area contributed by atoms with E-state index in [4.69, 9.17) is 4.74 Å². The molecular formula is C9H15NO2. The fraction of sp³-hybridized carbons (Fsp3) is 0.667. The molecular weight excluding hydrogens is 154 g/mol. The Balaban J connectivity index is 2.39. The fourth-order valence-electron chi connectivity index (χ4n) is 0.943. The standard InChI is InChI=1S/C9H15NO2/c1-7(2)9(11)10-8-3-5-12-6-4-8/h3,7H,4-6H2,1-2H3,(H,10,11).